The van der Waals surface area contributed by atoms with Gasteiger partial charge in [0.25, 0.3) is 0 Å². The fraction of sp³-hybridized carbons (Fsp3) is 0. The summed E-state index contributed by atoms with van der Waals surface area (Å²) < 4.78 is 3.52. The molecular weight excluding hydrogens is 361 g/mol. The van der Waals surface area contributed by atoms with Gasteiger partial charge in [-0.05, 0) is 50.7 Å². The van der Waals surface area contributed by atoms with Crippen LogP contribution in [0.15, 0.2) is 22.7 Å². The minimum absolute atomic E-state index is 0.720. The van der Waals surface area contributed by atoms with Gasteiger partial charge in [0.1, 0.15) is 0 Å². The topological polar surface area (TPSA) is 23.8 Å². The molecule has 0 aliphatic heterocycles. The van der Waals surface area contributed by atoms with Gasteiger partial charge in [-0.1, -0.05) is 6.07 Å². The molecular formula is C9H3BrINS. The zero-order valence-electron chi connectivity index (χ0n) is 6.34. The third-order valence-corrected chi connectivity index (χ3v) is 5.69. The van der Waals surface area contributed by atoms with E-state index in [1.807, 2.05) is 18.2 Å². The molecule has 4 heteroatoms. The molecule has 0 radical (unpaired) electrons. The molecule has 13 heavy (non-hydrogen) atoms. The Morgan fingerprint density at radius 1 is 1.46 bits per heavy atom. The zero-order valence-corrected chi connectivity index (χ0v) is 10.9. The Bertz CT molecular complexity index is 512. The number of thiophene rings is 1. The van der Waals surface area contributed by atoms with Crippen LogP contribution >= 0.6 is 49.9 Å². The van der Waals surface area contributed by atoms with Crippen LogP contribution in [-0.2, 0) is 0 Å². The lowest BCUT2D eigenvalue weighted by atomic mass is 10.2. The van der Waals surface area contributed by atoms with Gasteiger partial charge in [-0.3, -0.25) is 0 Å². The highest BCUT2D eigenvalue weighted by Crippen LogP contribution is 2.36. The smallest absolute Gasteiger partial charge is 0.0992 e. The van der Waals surface area contributed by atoms with Gasteiger partial charge in [-0.15, -0.1) is 11.3 Å². The summed E-state index contributed by atoms with van der Waals surface area (Å²) in [7, 11) is 0. The SMILES string of the molecule is N#Cc1ccc2c(Br)c(I)sc2c1. The molecule has 2 aromatic rings. The molecule has 0 N–H and O–H groups in total. The van der Waals surface area contributed by atoms with Gasteiger partial charge in [0.15, 0.2) is 0 Å². The summed E-state index contributed by atoms with van der Waals surface area (Å²) in [5.41, 5.74) is 0.720. The second-order valence-electron chi connectivity index (χ2n) is 2.51. The van der Waals surface area contributed by atoms with Crippen molar-refractivity contribution in [2.24, 2.45) is 0 Å². The van der Waals surface area contributed by atoms with Crippen molar-refractivity contribution in [3.8, 4) is 6.07 Å². The maximum atomic E-state index is 8.71. The summed E-state index contributed by atoms with van der Waals surface area (Å²) in [5, 5.41) is 9.90. The normalized spacial score (nSPS) is 10.2. The Hall–Kier alpha value is -0.120. The Morgan fingerprint density at radius 2 is 2.23 bits per heavy atom. The van der Waals surface area contributed by atoms with Gasteiger partial charge in [0, 0.05) is 14.6 Å². The first-order valence-corrected chi connectivity index (χ1v) is 6.19. The number of hydrogen-bond acceptors (Lipinski definition) is 2. The second kappa shape index (κ2) is 3.56. The predicted octanol–water partition coefficient (Wildman–Crippen LogP) is 4.14. The molecule has 0 amide bonds. The van der Waals surface area contributed by atoms with Crippen molar-refractivity contribution in [3.05, 3.63) is 31.1 Å². The lowest BCUT2D eigenvalue weighted by Gasteiger charge is -1.90. The Labute approximate surface area is 102 Å². The van der Waals surface area contributed by atoms with E-state index in [1.54, 1.807) is 11.3 Å². The first-order valence-electron chi connectivity index (χ1n) is 3.50. The van der Waals surface area contributed by atoms with Gasteiger partial charge in [0.2, 0.25) is 0 Å². The maximum Gasteiger partial charge on any atom is 0.0992 e. The van der Waals surface area contributed by atoms with Crippen LogP contribution in [0.25, 0.3) is 10.1 Å². The highest BCUT2D eigenvalue weighted by molar-refractivity contribution is 14.1. The Morgan fingerprint density at radius 3 is 2.92 bits per heavy atom. The lowest BCUT2D eigenvalue weighted by molar-refractivity contribution is 1.50. The van der Waals surface area contributed by atoms with Gasteiger partial charge in [0.05, 0.1) is 14.5 Å². The van der Waals surface area contributed by atoms with E-state index in [-0.39, 0.29) is 0 Å². The zero-order chi connectivity index (χ0) is 9.42. The molecule has 0 fully saturated rings. The van der Waals surface area contributed by atoms with E-state index in [0.29, 0.717) is 0 Å². The number of nitrogens with zero attached hydrogens (tertiary/aromatic N) is 1. The summed E-state index contributed by atoms with van der Waals surface area (Å²) in [6.45, 7) is 0. The minimum atomic E-state index is 0.720. The first-order chi connectivity index (χ1) is 6.22. The van der Waals surface area contributed by atoms with E-state index in [2.05, 4.69) is 44.6 Å². The average Bonchev–Trinajstić information content (AvgIpc) is 2.42. The molecule has 1 nitrogen and oxygen atoms in total. The maximum absolute atomic E-state index is 8.71. The van der Waals surface area contributed by atoms with Crippen LogP contribution in [0.4, 0.5) is 0 Å². The lowest BCUT2D eigenvalue weighted by Crippen LogP contribution is -1.71. The molecule has 1 heterocycles. The van der Waals surface area contributed by atoms with E-state index in [4.69, 9.17) is 5.26 Å². The Balaban J connectivity index is 2.82. The van der Waals surface area contributed by atoms with Crippen molar-refractivity contribution in [1.29, 1.82) is 5.26 Å². The number of rotatable bonds is 0. The van der Waals surface area contributed by atoms with Crippen LogP contribution in [0, 0.1) is 14.2 Å². The van der Waals surface area contributed by atoms with Gasteiger partial charge >= 0.3 is 0 Å². The summed E-state index contributed by atoms with van der Waals surface area (Å²) in [5.74, 6) is 0. The number of halogens is 2. The fourth-order valence-corrected chi connectivity index (χ4v) is 3.69. The van der Waals surface area contributed by atoms with Gasteiger partial charge < -0.3 is 0 Å². The standard InChI is InChI=1S/C9H3BrINS/c10-8-6-2-1-5(4-12)3-7(6)13-9(8)11/h1-3H. The number of fused-ring (bicyclic) bond motifs is 1. The van der Waals surface area contributed by atoms with Crippen molar-refractivity contribution in [3.63, 3.8) is 0 Å². The van der Waals surface area contributed by atoms with Crippen molar-refractivity contribution >= 4 is 59.9 Å². The van der Waals surface area contributed by atoms with E-state index in [0.717, 1.165) is 14.7 Å². The van der Waals surface area contributed by atoms with Crippen molar-refractivity contribution in [1.82, 2.24) is 0 Å². The summed E-state index contributed by atoms with van der Waals surface area (Å²) >= 11 is 7.50. The molecule has 0 saturated carbocycles. The monoisotopic (exact) mass is 363 g/mol. The summed E-state index contributed by atoms with van der Waals surface area (Å²) in [6, 6.07) is 7.89. The molecule has 64 valence electrons. The highest BCUT2D eigenvalue weighted by Gasteiger charge is 2.07. The molecule has 2 rings (SSSR count). The molecule has 0 bridgehead atoms. The van der Waals surface area contributed by atoms with Crippen LogP contribution in [0.3, 0.4) is 0 Å². The molecule has 1 aromatic heterocycles. The van der Waals surface area contributed by atoms with E-state index < -0.39 is 0 Å². The first kappa shape index (κ1) is 9.44. The highest BCUT2D eigenvalue weighted by atomic mass is 127. The molecule has 0 aliphatic carbocycles. The van der Waals surface area contributed by atoms with Gasteiger partial charge in [-0.25, -0.2) is 0 Å². The van der Waals surface area contributed by atoms with Crippen LogP contribution < -0.4 is 0 Å². The molecule has 0 unspecified atom stereocenters. The largest absolute Gasteiger partial charge is 0.192 e. The fourth-order valence-electron chi connectivity index (χ4n) is 1.10. The number of hydrogen-bond donors (Lipinski definition) is 0. The predicted molar refractivity (Wildman–Crippen MR) is 67.0 cm³/mol. The summed E-state index contributed by atoms with van der Waals surface area (Å²) in [6.07, 6.45) is 0. The van der Waals surface area contributed by atoms with E-state index >= 15 is 0 Å². The third-order valence-electron chi connectivity index (χ3n) is 1.72. The van der Waals surface area contributed by atoms with Gasteiger partial charge in [-0.2, -0.15) is 5.26 Å². The number of nitriles is 1. The number of benzene rings is 1. The van der Waals surface area contributed by atoms with Crippen LogP contribution in [0.1, 0.15) is 5.56 Å². The van der Waals surface area contributed by atoms with Crippen LogP contribution in [-0.4, -0.2) is 0 Å². The average molecular weight is 364 g/mol. The molecule has 0 saturated heterocycles. The van der Waals surface area contributed by atoms with Crippen molar-refractivity contribution in [2.45, 2.75) is 0 Å². The van der Waals surface area contributed by atoms with Crippen molar-refractivity contribution in [2.75, 3.05) is 0 Å². The van der Waals surface area contributed by atoms with E-state index in [1.165, 1.54) is 8.27 Å². The summed E-state index contributed by atoms with van der Waals surface area (Å²) in [4.78, 5) is 0. The molecule has 0 atom stereocenters. The van der Waals surface area contributed by atoms with Crippen LogP contribution in [0.5, 0.6) is 0 Å². The van der Waals surface area contributed by atoms with Crippen LogP contribution in [0.2, 0.25) is 0 Å². The minimum Gasteiger partial charge on any atom is -0.192 e. The second-order valence-corrected chi connectivity index (χ2v) is 6.17. The quantitative estimate of drug-likeness (QED) is 0.645. The third kappa shape index (κ3) is 1.60. The molecule has 1 aromatic carbocycles. The Kier molecular flexibility index (Phi) is 2.58. The van der Waals surface area contributed by atoms with E-state index in [9.17, 15) is 0 Å². The molecule has 0 aliphatic rings. The van der Waals surface area contributed by atoms with Crippen molar-refractivity contribution < 1.29 is 0 Å². The molecule has 0 spiro atoms.